The number of nitrogens with zero attached hydrogens (tertiary/aromatic N) is 1. The van der Waals surface area contributed by atoms with Crippen molar-refractivity contribution in [3.63, 3.8) is 0 Å². The number of amides is 1. The summed E-state index contributed by atoms with van der Waals surface area (Å²) in [5.41, 5.74) is 3.98. The number of ether oxygens (including phenoxy) is 2. The van der Waals surface area contributed by atoms with E-state index in [1.165, 1.54) is 0 Å². The van der Waals surface area contributed by atoms with E-state index in [4.69, 9.17) is 9.47 Å². The molecule has 0 aromatic heterocycles. The minimum Gasteiger partial charge on any atom is -0.493 e. The van der Waals surface area contributed by atoms with Gasteiger partial charge in [0.05, 0.1) is 14.2 Å². The fourth-order valence-electron chi connectivity index (χ4n) is 2.70. The first-order chi connectivity index (χ1) is 12.0. The quantitative estimate of drug-likeness (QED) is 0.744. The summed E-state index contributed by atoms with van der Waals surface area (Å²) in [6.45, 7) is 2.52. The van der Waals surface area contributed by atoms with Crippen LogP contribution in [0.25, 0.3) is 0 Å². The first-order valence-electron chi connectivity index (χ1n) is 8.05. The van der Waals surface area contributed by atoms with Gasteiger partial charge in [-0.3, -0.25) is 4.79 Å². The van der Waals surface area contributed by atoms with Crippen LogP contribution in [-0.4, -0.2) is 38.3 Å². The van der Waals surface area contributed by atoms with Gasteiger partial charge in [0.1, 0.15) is 0 Å². The third-order valence-corrected chi connectivity index (χ3v) is 4.70. The third-order valence-electron chi connectivity index (χ3n) is 4.08. The summed E-state index contributed by atoms with van der Waals surface area (Å²) < 4.78 is 10.7. The monoisotopic (exact) mass is 359 g/mol. The fraction of sp³-hybridized carbons (Fsp3) is 0.350. The van der Waals surface area contributed by atoms with Crippen LogP contribution in [0, 0.1) is 6.92 Å². The second-order valence-corrected chi connectivity index (χ2v) is 6.79. The Morgan fingerprint density at radius 3 is 2.44 bits per heavy atom. The van der Waals surface area contributed by atoms with Gasteiger partial charge >= 0.3 is 0 Å². The molecule has 0 aliphatic heterocycles. The molecule has 0 spiro atoms. The fourth-order valence-corrected chi connectivity index (χ4v) is 3.21. The number of aryl methyl sites for hydroxylation is 1. The highest BCUT2D eigenvalue weighted by Gasteiger charge is 2.15. The molecular weight excluding hydrogens is 334 g/mol. The summed E-state index contributed by atoms with van der Waals surface area (Å²) in [6.07, 6.45) is 2.06. The molecule has 0 saturated heterocycles. The van der Waals surface area contributed by atoms with Crippen molar-refractivity contribution in [2.75, 3.05) is 27.5 Å². The van der Waals surface area contributed by atoms with Crippen LogP contribution < -0.4 is 9.47 Å². The number of methoxy groups -OCH3 is 2. The van der Waals surface area contributed by atoms with Crippen molar-refractivity contribution in [3.05, 3.63) is 58.7 Å². The zero-order valence-electron chi connectivity index (χ0n) is 15.5. The molecule has 0 aliphatic carbocycles. The van der Waals surface area contributed by atoms with Crippen molar-refractivity contribution in [3.8, 4) is 11.5 Å². The number of thioether (sulfide) groups is 1. The lowest BCUT2D eigenvalue weighted by Gasteiger charge is -2.20. The molecule has 2 aromatic carbocycles. The molecule has 1 amide bonds. The Kier molecular flexibility index (Phi) is 6.76. The van der Waals surface area contributed by atoms with E-state index in [0.717, 1.165) is 22.4 Å². The van der Waals surface area contributed by atoms with Crippen LogP contribution in [0.5, 0.6) is 11.5 Å². The second kappa shape index (κ2) is 8.81. The Labute approximate surface area is 154 Å². The molecule has 0 unspecified atom stereocenters. The molecular formula is C20H25NO3S. The number of benzene rings is 2. The predicted octanol–water partition coefficient (Wildman–Crippen LogP) is 4.15. The first kappa shape index (κ1) is 19.2. The van der Waals surface area contributed by atoms with Crippen LogP contribution in [0.15, 0.2) is 36.4 Å². The standard InChI is InChI=1S/C20H25NO3S/c1-14-9-18(23-3)19(24-4)11-17(14)12-21(2)20(22)16-8-6-7-15(10-16)13-25-5/h6-11H,12-13H2,1-5H3. The highest BCUT2D eigenvalue weighted by atomic mass is 32.2. The highest BCUT2D eigenvalue weighted by molar-refractivity contribution is 7.97. The van der Waals surface area contributed by atoms with Crippen molar-refractivity contribution in [1.29, 1.82) is 0 Å². The summed E-state index contributed by atoms with van der Waals surface area (Å²) in [5, 5.41) is 0. The van der Waals surface area contributed by atoms with Crippen LogP contribution in [0.1, 0.15) is 27.0 Å². The molecule has 2 aromatic rings. The van der Waals surface area contributed by atoms with Crippen molar-refractivity contribution >= 4 is 17.7 Å². The largest absolute Gasteiger partial charge is 0.493 e. The molecule has 0 fully saturated rings. The lowest BCUT2D eigenvalue weighted by atomic mass is 10.1. The van der Waals surface area contributed by atoms with Crippen molar-refractivity contribution in [1.82, 2.24) is 4.90 Å². The van der Waals surface area contributed by atoms with Crippen molar-refractivity contribution in [2.24, 2.45) is 0 Å². The summed E-state index contributed by atoms with van der Waals surface area (Å²) >= 11 is 1.75. The van der Waals surface area contributed by atoms with Crippen molar-refractivity contribution < 1.29 is 14.3 Å². The summed E-state index contributed by atoms with van der Waals surface area (Å²) in [4.78, 5) is 14.5. The lowest BCUT2D eigenvalue weighted by Crippen LogP contribution is -2.26. The first-order valence-corrected chi connectivity index (χ1v) is 9.44. The predicted molar refractivity (Wildman–Crippen MR) is 104 cm³/mol. The minimum absolute atomic E-state index is 0.0112. The van der Waals surface area contributed by atoms with E-state index < -0.39 is 0 Å². The molecule has 0 saturated carbocycles. The van der Waals surface area contributed by atoms with E-state index >= 15 is 0 Å². The number of carbonyl (C=O) groups is 1. The third kappa shape index (κ3) is 4.69. The molecule has 0 radical (unpaired) electrons. The zero-order chi connectivity index (χ0) is 18.4. The van der Waals surface area contributed by atoms with Crippen LogP contribution in [0.3, 0.4) is 0 Å². The van der Waals surface area contributed by atoms with E-state index in [0.29, 0.717) is 23.6 Å². The Morgan fingerprint density at radius 1 is 1.12 bits per heavy atom. The Bertz CT molecular complexity index is 746. The van der Waals surface area contributed by atoms with Crippen LogP contribution >= 0.6 is 11.8 Å². The Hall–Kier alpha value is -2.14. The minimum atomic E-state index is 0.0112. The average Bonchev–Trinajstić information content (AvgIpc) is 2.62. The van der Waals surface area contributed by atoms with Crippen LogP contribution in [0.2, 0.25) is 0 Å². The van der Waals surface area contributed by atoms with Gasteiger partial charge in [0.15, 0.2) is 11.5 Å². The normalized spacial score (nSPS) is 10.4. The van der Waals surface area contributed by atoms with E-state index in [9.17, 15) is 4.79 Å². The average molecular weight is 359 g/mol. The summed E-state index contributed by atoms with van der Waals surface area (Å²) in [5.74, 6) is 2.28. The zero-order valence-corrected chi connectivity index (χ0v) is 16.3. The van der Waals surface area contributed by atoms with Crippen molar-refractivity contribution in [2.45, 2.75) is 19.2 Å². The molecule has 2 rings (SSSR count). The van der Waals surface area contributed by atoms with E-state index in [1.807, 2.05) is 50.4 Å². The maximum atomic E-state index is 12.8. The molecule has 0 heterocycles. The summed E-state index contributed by atoms with van der Waals surface area (Å²) in [6, 6.07) is 11.7. The van der Waals surface area contributed by atoms with Crippen LogP contribution in [0.4, 0.5) is 0 Å². The molecule has 0 N–H and O–H groups in total. The summed E-state index contributed by atoms with van der Waals surface area (Å²) in [7, 11) is 5.05. The molecule has 4 nitrogen and oxygen atoms in total. The molecule has 0 bridgehead atoms. The van der Waals surface area contributed by atoms with Gasteiger partial charge < -0.3 is 14.4 Å². The molecule has 134 valence electrons. The maximum absolute atomic E-state index is 12.8. The highest BCUT2D eigenvalue weighted by Crippen LogP contribution is 2.30. The van der Waals surface area contributed by atoms with E-state index in [1.54, 1.807) is 30.9 Å². The Balaban J connectivity index is 2.20. The van der Waals surface area contributed by atoms with Gasteiger partial charge in [-0.1, -0.05) is 12.1 Å². The molecule has 25 heavy (non-hydrogen) atoms. The number of hydrogen-bond donors (Lipinski definition) is 0. The topological polar surface area (TPSA) is 38.8 Å². The number of rotatable bonds is 7. The lowest BCUT2D eigenvalue weighted by molar-refractivity contribution is 0.0784. The van der Waals surface area contributed by atoms with Gasteiger partial charge in [-0.25, -0.2) is 0 Å². The maximum Gasteiger partial charge on any atom is 0.253 e. The van der Waals surface area contributed by atoms with Gasteiger partial charge in [0.25, 0.3) is 5.91 Å². The van der Waals surface area contributed by atoms with E-state index in [2.05, 4.69) is 6.26 Å². The van der Waals surface area contributed by atoms with Crippen LogP contribution in [-0.2, 0) is 12.3 Å². The molecule has 0 aliphatic rings. The Morgan fingerprint density at radius 2 is 1.80 bits per heavy atom. The van der Waals surface area contributed by atoms with Gasteiger partial charge in [-0.05, 0) is 54.1 Å². The smallest absolute Gasteiger partial charge is 0.253 e. The van der Waals surface area contributed by atoms with Gasteiger partial charge in [0.2, 0.25) is 0 Å². The molecule has 5 heteroatoms. The van der Waals surface area contributed by atoms with E-state index in [-0.39, 0.29) is 5.91 Å². The van der Waals surface area contributed by atoms with Gasteiger partial charge in [-0.2, -0.15) is 11.8 Å². The number of carbonyl (C=O) groups excluding carboxylic acids is 1. The van der Waals surface area contributed by atoms with Gasteiger partial charge in [0, 0.05) is 24.9 Å². The molecule has 0 atom stereocenters. The van der Waals surface area contributed by atoms with Gasteiger partial charge in [-0.15, -0.1) is 0 Å². The second-order valence-electron chi connectivity index (χ2n) is 5.93. The SMILES string of the molecule is COc1cc(C)c(CN(C)C(=O)c2cccc(CSC)c2)cc1OC. The number of hydrogen-bond acceptors (Lipinski definition) is 4.